The number of carbonyl (C=O) groups excluding carboxylic acids is 4. The number of nitrogens with one attached hydrogen (secondary N) is 6. The molecule has 10 aromatic rings. The summed E-state index contributed by atoms with van der Waals surface area (Å²) in [7, 11) is 0. The number of hydrogen-bond acceptors (Lipinski definition) is 17. The van der Waals surface area contributed by atoms with Crippen LogP contribution in [0.25, 0.3) is 56.6 Å². The van der Waals surface area contributed by atoms with Gasteiger partial charge in [-0.3, -0.25) is 19.2 Å². The number of nitrogens with zero attached hydrogens (tertiary/aromatic N) is 4. The van der Waals surface area contributed by atoms with Gasteiger partial charge >= 0.3 is 0 Å². The topological polar surface area (TPSA) is 283 Å². The van der Waals surface area contributed by atoms with Crippen molar-refractivity contribution in [2.24, 2.45) is 17.3 Å². The monoisotopic (exact) mass is 1360 g/mol. The van der Waals surface area contributed by atoms with Crippen molar-refractivity contribution >= 4 is 46.1 Å². The Morgan fingerprint density at radius 2 is 0.971 bits per heavy atom. The van der Waals surface area contributed by atoms with Crippen LogP contribution in [0.2, 0.25) is 0 Å². The Labute approximate surface area is 586 Å². The van der Waals surface area contributed by atoms with Crippen LogP contribution in [-0.2, 0) is 55.7 Å². The largest absolute Gasteiger partial charge is 0.469 e. The summed E-state index contributed by atoms with van der Waals surface area (Å²) in [4.78, 5) is 74.6. The minimum Gasteiger partial charge on any atom is -0.469 e. The van der Waals surface area contributed by atoms with E-state index in [1.54, 1.807) is 12.4 Å². The quantitative estimate of drug-likeness (QED) is 0.0843. The van der Waals surface area contributed by atoms with E-state index in [2.05, 4.69) is 123 Å². The molecular formula is C81H72N10O11. The van der Waals surface area contributed by atoms with Crippen molar-refractivity contribution in [2.75, 3.05) is 10.6 Å². The molecule has 4 aromatic heterocycles. The number of carbonyl (C=O) groups is 4. The Kier molecular flexibility index (Phi) is 13.1. The number of allylic oxidation sites excluding steroid dienone is 2. The first-order chi connectivity index (χ1) is 49.0. The second-order valence-corrected chi connectivity index (χ2v) is 30.6. The summed E-state index contributed by atoms with van der Waals surface area (Å²) in [5.41, 5.74) is 14.5. The van der Waals surface area contributed by atoms with Gasteiger partial charge in [0.25, 0.3) is 5.91 Å². The fraction of sp³-hybridized carbons (Fsp3) is 0.309. The third-order valence-corrected chi connectivity index (χ3v) is 22.0. The number of aliphatic hydroxyl groups is 1. The molecule has 6 aromatic carbocycles. The zero-order chi connectivity index (χ0) is 69.9. The molecule has 21 heteroatoms. The Morgan fingerprint density at radius 1 is 0.539 bits per heavy atom. The highest BCUT2D eigenvalue weighted by atomic mass is 16.5. The Balaban J connectivity index is 0.000000141. The van der Waals surface area contributed by atoms with E-state index in [1.807, 2.05) is 78.8 Å². The second kappa shape index (κ2) is 21.6. The summed E-state index contributed by atoms with van der Waals surface area (Å²) < 4.78 is 40.9. The zero-order valence-corrected chi connectivity index (χ0v) is 57.5. The first-order valence-corrected chi connectivity index (χ1v) is 35.0. The number of aromatic nitrogens is 4. The summed E-state index contributed by atoms with van der Waals surface area (Å²) in [5, 5.41) is 30.2. The van der Waals surface area contributed by atoms with Gasteiger partial charge in [0.15, 0.2) is 46.9 Å². The van der Waals surface area contributed by atoms with Crippen molar-refractivity contribution in [3.8, 4) is 56.9 Å². The molecule has 4 amide bonds. The third-order valence-electron chi connectivity index (χ3n) is 22.0. The number of anilines is 2. The average molecular weight is 1360 g/mol. The summed E-state index contributed by atoms with van der Waals surface area (Å²) in [6.07, 6.45) is 8.68. The Morgan fingerprint density at radius 3 is 1.40 bits per heavy atom. The van der Waals surface area contributed by atoms with Gasteiger partial charge < -0.3 is 64.1 Å². The first kappa shape index (κ1) is 61.7. The molecule has 8 aliphatic heterocycles. The molecule has 2 spiro atoms. The Bertz CT molecular complexity index is 5090. The summed E-state index contributed by atoms with van der Waals surface area (Å²) >= 11 is 0. The molecule has 0 saturated carbocycles. The summed E-state index contributed by atoms with van der Waals surface area (Å²) in [6, 6.07) is 34.2. The fourth-order valence-corrected chi connectivity index (χ4v) is 16.9. The first-order valence-electron chi connectivity index (χ1n) is 35.0. The maximum absolute atomic E-state index is 14.2. The molecule has 10 aliphatic rings. The number of fused-ring (bicyclic) bond motifs is 14. The van der Waals surface area contributed by atoms with Gasteiger partial charge in [-0.05, 0) is 95.2 Å². The van der Waals surface area contributed by atoms with Gasteiger partial charge in [-0.1, -0.05) is 158 Å². The zero-order valence-electron chi connectivity index (χ0n) is 57.5. The molecule has 20 bridgehead atoms. The third kappa shape index (κ3) is 8.78. The molecule has 2 aliphatic carbocycles. The molecule has 0 saturated heterocycles. The van der Waals surface area contributed by atoms with E-state index in [1.165, 1.54) is 25.0 Å². The van der Waals surface area contributed by atoms with E-state index in [9.17, 15) is 24.3 Å². The molecule has 12 heterocycles. The highest BCUT2D eigenvalue weighted by molar-refractivity contribution is 6.00. The molecule has 0 fully saturated rings. The SMILES string of the molecule is CC(C)[C@@H]1NC(=O)C(NC(=O)C(C)(C)C)Cc2ccc3c(c2)C24c5cccc(c5N[C@H]2O3)-c2cccc3c2C(=CC3)c2cnc(o2)-c2nc1oc24.CC(C)[C@@H]1NC(=O)C(NC(=O)C(C)(C)O)Cc2ccc3c(c2)C24c5cccc(c5N[C@H]2O3)-c2cccc3c2C(=CC3)c2cnc(o2)-c2nc1oc24. The van der Waals surface area contributed by atoms with Crippen molar-refractivity contribution in [3.05, 3.63) is 224 Å². The van der Waals surface area contributed by atoms with Crippen LogP contribution >= 0.6 is 0 Å². The minimum absolute atomic E-state index is 0.115. The maximum atomic E-state index is 14.2. The van der Waals surface area contributed by atoms with Crippen molar-refractivity contribution in [1.29, 1.82) is 0 Å². The minimum atomic E-state index is -1.69. The van der Waals surface area contributed by atoms with Gasteiger partial charge in [-0.25, -0.2) is 19.9 Å². The summed E-state index contributed by atoms with van der Waals surface area (Å²) in [5.74, 6) is 2.98. The van der Waals surface area contributed by atoms with Crippen LogP contribution in [0.4, 0.5) is 11.4 Å². The van der Waals surface area contributed by atoms with Gasteiger partial charge in [0.05, 0.1) is 12.4 Å². The lowest BCUT2D eigenvalue weighted by Gasteiger charge is -2.29. The lowest BCUT2D eigenvalue weighted by atomic mass is 9.72. The fourth-order valence-electron chi connectivity index (χ4n) is 16.9. The maximum Gasteiger partial charge on any atom is 0.252 e. The van der Waals surface area contributed by atoms with E-state index in [0.29, 0.717) is 63.6 Å². The van der Waals surface area contributed by atoms with Gasteiger partial charge in [-0.2, -0.15) is 0 Å². The smallest absolute Gasteiger partial charge is 0.252 e. The lowest BCUT2D eigenvalue weighted by Crippen LogP contribution is -2.54. The van der Waals surface area contributed by atoms with Gasteiger partial charge in [0, 0.05) is 74.2 Å². The van der Waals surface area contributed by atoms with Crippen LogP contribution in [0.15, 0.2) is 151 Å². The van der Waals surface area contributed by atoms with Crippen molar-refractivity contribution < 1.29 is 51.4 Å². The van der Waals surface area contributed by atoms with Crippen LogP contribution in [0, 0.1) is 17.3 Å². The number of hydrogen-bond donors (Lipinski definition) is 7. The van der Waals surface area contributed by atoms with Crippen LogP contribution in [0.1, 0.15) is 165 Å². The van der Waals surface area contributed by atoms with Crippen LogP contribution in [-0.4, -0.2) is 78.8 Å². The van der Waals surface area contributed by atoms with Gasteiger partial charge in [-0.15, -0.1) is 0 Å². The van der Waals surface area contributed by atoms with Crippen molar-refractivity contribution in [3.63, 3.8) is 0 Å². The number of amides is 4. The molecule has 0 radical (unpaired) electrons. The van der Waals surface area contributed by atoms with E-state index < -0.39 is 70.3 Å². The lowest BCUT2D eigenvalue weighted by molar-refractivity contribution is -0.139. The molecule has 4 unspecified atom stereocenters. The average Bonchev–Trinajstić information content (AvgIpc) is 1.52. The normalized spacial score (nSPS) is 23.2. The van der Waals surface area contributed by atoms with Crippen LogP contribution < -0.4 is 41.4 Å². The molecule has 512 valence electrons. The van der Waals surface area contributed by atoms with Crippen LogP contribution in [0.5, 0.6) is 11.5 Å². The molecule has 20 rings (SSSR count). The molecule has 21 nitrogen and oxygen atoms in total. The predicted molar refractivity (Wildman–Crippen MR) is 377 cm³/mol. The van der Waals surface area contributed by atoms with E-state index >= 15 is 0 Å². The summed E-state index contributed by atoms with van der Waals surface area (Å²) in [6.45, 7) is 16.3. The van der Waals surface area contributed by atoms with Crippen molar-refractivity contribution in [2.45, 2.75) is 141 Å². The number of para-hydroxylation sites is 2. The second-order valence-electron chi connectivity index (χ2n) is 30.6. The van der Waals surface area contributed by atoms with Crippen molar-refractivity contribution in [1.82, 2.24) is 41.2 Å². The standard InChI is InChI=1S/C41H37N5O5.C40H35N5O6/c1-19(2)31-37-45-33-34(51-37)41-25-11-7-10-23(22-9-6-8-21-13-14-24(30(21)22)29-18-42-36(33)49-29)32(25)46-39(41)50-28-15-12-20(16-26(28)41)17-27(35(47)44-31)43-38(48)40(3,4)5;1-18(2)30-36-44-32-33(51-36)40-24-10-6-9-22(21-8-5-7-20-12-13-23(29(20)21)28-17-41-35(32)49-28)31(24)45-38(40)50-27-14-11-19(15-25(27)40)16-26(34(46)43-30)42-37(47)39(3,4)48/h6-12,14-16,18-19,27,31,39,46H,13,17H2,1-5H3,(H,43,48)(H,44,47);5-11,13-15,17-18,26,30,38,45,48H,12,16H2,1-4H3,(H,42,47)(H,43,46)/t27?,31-,39-,41?;26?,30-,38-,40?/m00/s1. The highest BCUT2D eigenvalue weighted by Gasteiger charge is 2.64. The molecule has 7 N–H and O–H groups in total. The number of rotatable bonds is 5. The van der Waals surface area contributed by atoms with E-state index in [-0.39, 0.29) is 42.4 Å². The Hall–Kier alpha value is -11.3. The van der Waals surface area contributed by atoms with Gasteiger partial charge in [0.2, 0.25) is 41.3 Å². The number of benzene rings is 6. The molecule has 8 atom stereocenters. The molecule has 102 heavy (non-hydrogen) atoms. The highest BCUT2D eigenvalue weighted by Crippen LogP contribution is 2.64. The predicted octanol–water partition coefficient (Wildman–Crippen LogP) is 12.1. The number of ether oxygens (including phenoxy) is 2. The molecular weight excluding hydrogens is 1290 g/mol. The van der Waals surface area contributed by atoms with E-state index in [0.717, 1.165) is 102 Å². The van der Waals surface area contributed by atoms with Gasteiger partial charge in [0.1, 0.15) is 52.1 Å². The van der Waals surface area contributed by atoms with Crippen LogP contribution in [0.3, 0.4) is 0 Å². The number of oxazole rings is 4. The van der Waals surface area contributed by atoms with E-state index in [4.69, 9.17) is 47.1 Å².